The van der Waals surface area contributed by atoms with E-state index in [4.69, 9.17) is 18.9 Å². The van der Waals surface area contributed by atoms with Crippen LogP contribution in [0, 0.1) is 0 Å². The highest BCUT2D eigenvalue weighted by Gasteiger charge is 2.19. The second-order valence-corrected chi connectivity index (χ2v) is 7.24. The number of unbranched alkanes of at least 4 members (excludes halogenated alkanes) is 2. The molecule has 0 saturated carbocycles. The minimum absolute atomic E-state index is 0.334. The molecule has 0 spiro atoms. The van der Waals surface area contributed by atoms with Gasteiger partial charge in [-0.2, -0.15) is 25.3 Å². The number of esters is 1. The Labute approximate surface area is 180 Å². The van der Waals surface area contributed by atoms with Crippen molar-refractivity contribution in [3.05, 3.63) is 17.7 Å². The number of rotatable bonds is 16. The van der Waals surface area contributed by atoms with Gasteiger partial charge in [-0.25, -0.2) is 4.79 Å². The van der Waals surface area contributed by atoms with Crippen molar-refractivity contribution in [3.63, 3.8) is 0 Å². The van der Waals surface area contributed by atoms with E-state index in [9.17, 15) is 4.79 Å². The van der Waals surface area contributed by atoms with Gasteiger partial charge in [-0.15, -0.1) is 0 Å². The number of hydrogen-bond donors (Lipinski definition) is 2. The third-order valence-electron chi connectivity index (χ3n) is 3.85. The smallest absolute Gasteiger partial charge is 0.338 e. The van der Waals surface area contributed by atoms with Gasteiger partial charge in [0.25, 0.3) is 0 Å². The molecule has 0 aliphatic rings. The predicted octanol–water partition coefficient (Wildman–Crippen LogP) is 5.22. The van der Waals surface area contributed by atoms with Crippen LogP contribution >= 0.6 is 25.3 Å². The van der Waals surface area contributed by atoms with Crippen LogP contribution in [0.4, 0.5) is 0 Å². The molecule has 0 atom stereocenters. The predicted molar refractivity (Wildman–Crippen MR) is 120 cm³/mol. The second-order valence-electron chi connectivity index (χ2n) is 6.34. The summed E-state index contributed by atoms with van der Waals surface area (Å²) in [6, 6.07) is 3.36. The molecule has 0 aliphatic heterocycles. The lowest BCUT2D eigenvalue weighted by Gasteiger charge is -2.18. The lowest BCUT2D eigenvalue weighted by Crippen LogP contribution is -2.11. The van der Waals surface area contributed by atoms with Gasteiger partial charge < -0.3 is 18.9 Å². The molecule has 1 rings (SSSR count). The molecular formula is C21H34O5S2. The van der Waals surface area contributed by atoms with Gasteiger partial charge in [0.1, 0.15) is 0 Å². The number of hydrogen-bond acceptors (Lipinski definition) is 7. The summed E-state index contributed by atoms with van der Waals surface area (Å²) >= 11 is 8.37. The largest absolute Gasteiger partial charge is 0.490 e. The van der Waals surface area contributed by atoms with Crippen LogP contribution in [0.25, 0.3) is 0 Å². The van der Waals surface area contributed by atoms with Gasteiger partial charge in [0.15, 0.2) is 11.5 Å². The number of ether oxygens (including phenoxy) is 4. The van der Waals surface area contributed by atoms with Gasteiger partial charge in [-0.1, -0.05) is 26.7 Å². The summed E-state index contributed by atoms with van der Waals surface area (Å²) in [5.41, 5.74) is 0.402. The van der Waals surface area contributed by atoms with Crippen molar-refractivity contribution in [2.24, 2.45) is 0 Å². The van der Waals surface area contributed by atoms with Crippen LogP contribution in [0.2, 0.25) is 0 Å². The first-order chi connectivity index (χ1) is 13.7. The van der Waals surface area contributed by atoms with Crippen molar-refractivity contribution >= 4 is 31.2 Å². The third kappa shape index (κ3) is 9.32. The van der Waals surface area contributed by atoms with E-state index in [-0.39, 0.29) is 0 Å². The molecule has 160 valence electrons. The Bertz CT molecular complexity index is 535. The zero-order valence-corrected chi connectivity index (χ0v) is 18.9. The minimum atomic E-state index is -0.399. The zero-order valence-electron chi connectivity index (χ0n) is 17.1. The normalized spacial score (nSPS) is 10.6. The van der Waals surface area contributed by atoms with Crippen LogP contribution in [0.15, 0.2) is 12.1 Å². The summed E-state index contributed by atoms with van der Waals surface area (Å²) in [7, 11) is 0. The van der Waals surface area contributed by atoms with E-state index in [1.165, 1.54) is 0 Å². The summed E-state index contributed by atoms with van der Waals surface area (Å²) in [5.74, 6) is 2.58. The fourth-order valence-electron chi connectivity index (χ4n) is 2.26. The van der Waals surface area contributed by atoms with E-state index in [1.807, 2.05) is 0 Å². The summed E-state index contributed by atoms with van der Waals surface area (Å²) in [6.45, 7) is 6.13. The highest BCUT2D eigenvalue weighted by atomic mass is 32.1. The van der Waals surface area contributed by atoms with Gasteiger partial charge in [0, 0.05) is 0 Å². The van der Waals surface area contributed by atoms with E-state index in [1.54, 1.807) is 12.1 Å². The van der Waals surface area contributed by atoms with Crippen molar-refractivity contribution in [2.45, 2.75) is 52.4 Å². The van der Waals surface area contributed by atoms with Crippen molar-refractivity contribution in [2.75, 3.05) is 37.9 Å². The maximum atomic E-state index is 12.4. The molecule has 0 radical (unpaired) electrons. The topological polar surface area (TPSA) is 54.0 Å². The van der Waals surface area contributed by atoms with Gasteiger partial charge in [-0.3, -0.25) is 0 Å². The summed E-state index contributed by atoms with van der Waals surface area (Å²) in [5, 5.41) is 0. The SMILES string of the molecule is CCCCOc1cc(C(=O)OCCCS)cc(OCCCC)c1OCCCS. The lowest BCUT2D eigenvalue weighted by atomic mass is 10.1. The molecule has 0 aromatic heterocycles. The quantitative estimate of drug-likeness (QED) is 0.214. The number of benzene rings is 1. The minimum Gasteiger partial charge on any atom is -0.490 e. The summed E-state index contributed by atoms with van der Waals surface area (Å²) in [4.78, 5) is 12.4. The highest BCUT2D eigenvalue weighted by Crippen LogP contribution is 2.39. The van der Waals surface area contributed by atoms with E-state index in [2.05, 4.69) is 39.1 Å². The van der Waals surface area contributed by atoms with Gasteiger partial charge in [0.05, 0.1) is 32.0 Å². The van der Waals surface area contributed by atoms with Crippen LogP contribution < -0.4 is 14.2 Å². The van der Waals surface area contributed by atoms with E-state index >= 15 is 0 Å². The molecule has 0 amide bonds. The zero-order chi connectivity index (χ0) is 20.6. The fourth-order valence-corrected chi connectivity index (χ4v) is 2.51. The van der Waals surface area contributed by atoms with E-state index < -0.39 is 5.97 Å². The monoisotopic (exact) mass is 430 g/mol. The first kappa shape index (κ1) is 24.8. The Morgan fingerprint density at radius 1 is 0.786 bits per heavy atom. The molecule has 0 aliphatic carbocycles. The van der Waals surface area contributed by atoms with Crippen molar-refractivity contribution in [1.82, 2.24) is 0 Å². The molecule has 28 heavy (non-hydrogen) atoms. The molecular weight excluding hydrogens is 396 g/mol. The molecule has 0 fully saturated rings. The third-order valence-corrected chi connectivity index (χ3v) is 4.48. The molecule has 1 aromatic rings. The van der Waals surface area contributed by atoms with Crippen molar-refractivity contribution < 1.29 is 23.7 Å². The van der Waals surface area contributed by atoms with Gasteiger partial charge >= 0.3 is 5.97 Å². The molecule has 0 saturated heterocycles. The van der Waals surface area contributed by atoms with Crippen LogP contribution in [0.5, 0.6) is 17.2 Å². The molecule has 0 heterocycles. The van der Waals surface area contributed by atoms with Gasteiger partial charge in [-0.05, 0) is 49.3 Å². The van der Waals surface area contributed by atoms with Crippen LogP contribution in [-0.4, -0.2) is 43.9 Å². The van der Waals surface area contributed by atoms with Crippen LogP contribution in [-0.2, 0) is 4.74 Å². The van der Waals surface area contributed by atoms with Crippen LogP contribution in [0.3, 0.4) is 0 Å². The molecule has 0 bridgehead atoms. The molecule has 5 nitrogen and oxygen atoms in total. The van der Waals surface area contributed by atoms with Crippen molar-refractivity contribution in [1.29, 1.82) is 0 Å². The molecule has 0 N–H and O–H groups in total. The average molecular weight is 431 g/mol. The molecule has 1 aromatic carbocycles. The number of thiol groups is 2. The standard InChI is InChI=1S/C21H34O5S2/c1-3-5-9-23-18-15-17(21(22)26-12-8-14-28)16-19(24-10-6-4-2)20(18)25-11-7-13-27/h15-16,27-28H,3-14H2,1-2H3. The Hall–Kier alpha value is -1.21. The maximum absolute atomic E-state index is 12.4. The molecule has 0 unspecified atom stereocenters. The van der Waals surface area contributed by atoms with Crippen LogP contribution in [0.1, 0.15) is 62.7 Å². The Kier molecular flexibility index (Phi) is 13.9. The van der Waals surface area contributed by atoms with Crippen molar-refractivity contribution in [3.8, 4) is 17.2 Å². The summed E-state index contributed by atoms with van der Waals surface area (Å²) in [6.07, 6.45) is 5.37. The highest BCUT2D eigenvalue weighted by molar-refractivity contribution is 7.80. The van der Waals surface area contributed by atoms with Gasteiger partial charge in [0.2, 0.25) is 5.75 Å². The Morgan fingerprint density at radius 3 is 1.79 bits per heavy atom. The summed E-state index contributed by atoms with van der Waals surface area (Å²) < 4.78 is 23.1. The first-order valence-electron chi connectivity index (χ1n) is 10.1. The average Bonchev–Trinajstić information content (AvgIpc) is 2.70. The second kappa shape index (κ2) is 15.7. The van der Waals surface area contributed by atoms with E-state index in [0.717, 1.165) is 37.9 Å². The lowest BCUT2D eigenvalue weighted by molar-refractivity contribution is 0.0505. The maximum Gasteiger partial charge on any atom is 0.338 e. The Balaban J connectivity index is 3.12. The number of carbonyl (C=O) groups is 1. The number of carbonyl (C=O) groups excluding carboxylic acids is 1. The van der Waals surface area contributed by atoms with E-state index in [0.29, 0.717) is 61.4 Å². The first-order valence-corrected chi connectivity index (χ1v) is 11.4. The fraction of sp³-hybridized carbons (Fsp3) is 0.667. The molecule has 7 heteroatoms. The Morgan fingerprint density at radius 2 is 1.29 bits per heavy atom.